The summed E-state index contributed by atoms with van der Waals surface area (Å²) in [6.45, 7) is 9.06. The van der Waals surface area contributed by atoms with Gasteiger partial charge in [0.25, 0.3) is 0 Å². The summed E-state index contributed by atoms with van der Waals surface area (Å²) in [5, 5.41) is 0. The van der Waals surface area contributed by atoms with Gasteiger partial charge in [-0.05, 0) is 43.1 Å². The lowest BCUT2D eigenvalue weighted by atomic mass is 9.75. The Hall–Kier alpha value is -1.38. The molecule has 1 aromatic rings. The quantitative estimate of drug-likeness (QED) is 0.629. The van der Waals surface area contributed by atoms with Crippen LogP contribution < -0.4 is 4.57 Å². The Bertz CT molecular complexity index is 467. The number of nitrogens with zero attached hydrogens (tertiary/aromatic N) is 1. The van der Waals surface area contributed by atoms with E-state index in [1.165, 1.54) is 18.4 Å². The van der Waals surface area contributed by atoms with E-state index >= 15 is 0 Å². The average Bonchev–Trinajstić information content (AvgIpc) is 2.41. The first-order chi connectivity index (χ1) is 9.95. The molecule has 0 saturated heterocycles. The number of esters is 1. The highest BCUT2D eigenvalue weighted by atomic mass is 16.5. The summed E-state index contributed by atoms with van der Waals surface area (Å²) >= 11 is 0. The van der Waals surface area contributed by atoms with Gasteiger partial charge < -0.3 is 4.74 Å². The van der Waals surface area contributed by atoms with Crippen molar-refractivity contribution in [2.24, 2.45) is 17.8 Å². The third kappa shape index (κ3) is 4.55. The number of pyridine rings is 1. The molecule has 1 heterocycles. The number of hydrogen-bond donors (Lipinski definition) is 0. The molecule has 0 aliphatic heterocycles. The van der Waals surface area contributed by atoms with Crippen LogP contribution in [-0.4, -0.2) is 12.1 Å². The molecule has 1 aliphatic carbocycles. The molecule has 0 unspecified atom stereocenters. The molecule has 0 amide bonds. The number of carbonyl (C=O) groups excluding carboxylic acids is 1. The molecule has 3 nitrogen and oxygen atoms in total. The molecule has 0 radical (unpaired) electrons. The van der Waals surface area contributed by atoms with Crippen LogP contribution in [-0.2, 0) is 16.1 Å². The molecule has 0 N–H and O–H groups in total. The summed E-state index contributed by atoms with van der Waals surface area (Å²) in [5.41, 5.74) is 1.19. The second-order valence-corrected chi connectivity index (χ2v) is 6.90. The van der Waals surface area contributed by atoms with Gasteiger partial charge in [0.1, 0.15) is 6.10 Å². The van der Waals surface area contributed by atoms with Crippen molar-refractivity contribution in [1.29, 1.82) is 0 Å². The zero-order chi connectivity index (χ0) is 15.4. The molecule has 2 rings (SSSR count). The van der Waals surface area contributed by atoms with Crippen molar-refractivity contribution in [2.45, 2.75) is 59.6 Å². The molecule has 0 spiro atoms. The minimum absolute atomic E-state index is 0.0901. The second-order valence-electron chi connectivity index (χ2n) is 6.90. The molecule has 1 aliphatic rings. The first-order valence-corrected chi connectivity index (χ1v) is 8.11. The SMILES string of the molecule is Cc1cc[n+](CC(=O)O[C@@H]2C[C@@H](C)CC[C@@H]2C(C)C)cc1. The van der Waals surface area contributed by atoms with E-state index in [1.54, 1.807) is 0 Å². The minimum Gasteiger partial charge on any atom is -0.457 e. The van der Waals surface area contributed by atoms with E-state index in [-0.39, 0.29) is 12.1 Å². The molecule has 3 heteroatoms. The van der Waals surface area contributed by atoms with Crippen LogP contribution in [0.25, 0.3) is 0 Å². The van der Waals surface area contributed by atoms with E-state index in [0.717, 1.165) is 6.42 Å². The first-order valence-electron chi connectivity index (χ1n) is 8.11. The van der Waals surface area contributed by atoms with Gasteiger partial charge in [-0.25, -0.2) is 4.79 Å². The lowest BCUT2D eigenvalue weighted by Crippen LogP contribution is -2.42. The smallest absolute Gasteiger partial charge is 0.372 e. The molecule has 21 heavy (non-hydrogen) atoms. The predicted molar refractivity (Wildman–Crippen MR) is 82.6 cm³/mol. The zero-order valence-corrected chi connectivity index (χ0v) is 13.7. The summed E-state index contributed by atoms with van der Waals surface area (Å²) in [5.74, 6) is 1.62. The van der Waals surface area contributed by atoms with E-state index in [4.69, 9.17) is 4.74 Å². The molecule has 0 bridgehead atoms. The highest BCUT2D eigenvalue weighted by molar-refractivity contribution is 5.67. The summed E-state index contributed by atoms with van der Waals surface area (Å²) in [6.07, 6.45) is 7.39. The molecule has 1 fully saturated rings. The highest BCUT2D eigenvalue weighted by Crippen LogP contribution is 2.35. The van der Waals surface area contributed by atoms with E-state index in [2.05, 4.69) is 20.8 Å². The Morgan fingerprint density at radius 3 is 2.62 bits per heavy atom. The average molecular weight is 290 g/mol. The maximum absolute atomic E-state index is 12.2. The standard InChI is InChI=1S/C18H28NO2/c1-13(2)16-6-5-15(4)11-17(16)21-18(20)12-19-9-7-14(3)8-10-19/h7-10,13,15-17H,5-6,11-12H2,1-4H3/q+1/t15-,16+,17+/m0/s1. The van der Waals surface area contributed by atoms with Crippen LogP contribution >= 0.6 is 0 Å². The van der Waals surface area contributed by atoms with E-state index in [0.29, 0.717) is 24.3 Å². The van der Waals surface area contributed by atoms with Crippen molar-refractivity contribution in [3.8, 4) is 0 Å². The molecule has 1 saturated carbocycles. The largest absolute Gasteiger partial charge is 0.457 e. The normalized spacial score (nSPS) is 25.9. The number of carbonyl (C=O) groups is 1. The Labute approximate surface area is 128 Å². The summed E-state index contributed by atoms with van der Waals surface area (Å²) in [7, 11) is 0. The van der Waals surface area contributed by atoms with Crippen LogP contribution in [0.2, 0.25) is 0 Å². The van der Waals surface area contributed by atoms with Gasteiger partial charge in [-0.2, -0.15) is 4.57 Å². The maximum atomic E-state index is 12.2. The summed E-state index contributed by atoms with van der Waals surface area (Å²) < 4.78 is 7.69. The van der Waals surface area contributed by atoms with Gasteiger partial charge in [-0.3, -0.25) is 0 Å². The van der Waals surface area contributed by atoms with E-state index in [1.807, 2.05) is 36.0 Å². The van der Waals surface area contributed by atoms with Gasteiger partial charge in [0.15, 0.2) is 12.4 Å². The van der Waals surface area contributed by atoms with Crippen molar-refractivity contribution in [1.82, 2.24) is 0 Å². The molecule has 3 atom stereocenters. The second kappa shape index (κ2) is 7.06. The van der Waals surface area contributed by atoms with Crippen LogP contribution in [0.5, 0.6) is 0 Å². The molecule has 0 aromatic carbocycles. The van der Waals surface area contributed by atoms with Crippen molar-refractivity contribution in [2.75, 3.05) is 0 Å². The fourth-order valence-corrected chi connectivity index (χ4v) is 3.24. The Morgan fingerprint density at radius 2 is 2.00 bits per heavy atom. The van der Waals surface area contributed by atoms with Gasteiger partial charge in [-0.1, -0.05) is 27.2 Å². The lowest BCUT2D eigenvalue weighted by Gasteiger charge is -2.36. The highest BCUT2D eigenvalue weighted by Gasteiger charge is 2.33. The molecular formula is C18H28NO2+. The molecule has 1 aromatic heterocycles. The van der Waals surface area contributed by atoms with Crippen molar-refractivity contribution >= 4 is 5.97 Å². The van der Waals surface area contributed by atoms with Crippen molar-refractivity contribution < 1.29 is 14.1 Å². The van der Waals surface area contributed by atoms with Gasteiger partial charge in [0.2, 0.25) is 6.54 Å². The van der Waals surface area contributed by atoms with Gasteiger partial charge in [0, 0.05) is 12.1 Å². The van der Waals surface area contributed by atoms with Crippen LogP contribution in [0.3, 0.4) is 0 Å². The monoisotopic (exact) mass is 290 g/mol. The molecule has 116 valence electrons. The fraction of sp³-hybridized carbons (Fsp3) is 0.667. The first kappa shape index (κ1) is 16.0. The Balaban J connectivity index is 1.94. The predicted octanol–water partition coefficient (Wildman–Crippen LogP) is 3.29. The zero-order valence-electron chi connectivity index (χ0n) is 13.7. The maximum Gasteiger partial charge on any atom is 0.372 e. The fourth-order valence-electron chi connectivity index (χ4n) is 3.24. The number of aryl methyl sites for hydroxylation is 1. The van der Waals surface area contributed by atoms with Gasteiger partial charge in [-0.15, -0.1) is 0 Å². The van der Waals surface area contributed by atoms with Gasteiger partial charge >= 0.3 is 5.97 Å². The van der Waals surface area contributed by atoms with Gasteiger partial charge in [0.05, 0.1) is 0 Å². The van der Waals surface area contributed by atoms with Crippen LogP contribution in [0.1, 0.15) is 45.6 Å². The summed E-state index contributed by atoms with van der Waals surface area (Å²) in [4.78, 5) is 12.2. The van der Waals surface area contributed by atoms with Crippen LogP contribution in [0, 0.1) is 24.7 Å². The van der Waals surface area contributed by atoms with E-state index in [9.17, 15) is 4.79 Å². The lowest BCUT2D eigenvalue weighted by molar-refractivity contribution is -0.686. The summed E-state index contributed by atoms with van der Waals surface area (Å²) in [6, 6.07) is 4.01. The number of aromatic nitrogens is 1. The van der Waals surface area contributed by atoms with Crippen LogP contribution in [0.4, 0.5) is 0 Å². The third-order valence-electron chi connectivity index (χ3n) is 4.61. The van der Waals surface area contributed by atoms with Crippen molar-refractivity contribution in [3.63, 3.8) is 0 Å². The van der Waals surface area contributed by atoms with Crippen LogP contribution in [0.15, 0.2) is 24.5 Å². The molecular weight excluding hydrogens is 262 g/mol. The number of ether oxygens (including phenoxy) is 1. The number of hydrogen-bond acceptors (Lipinski definition) is 2. The third-order valence-corrected chi connectivity index (χ3v) is 4.61. The number of rotatable bonds is 4. The van der Waals surface area contributed by atoms with Crippen molar-refractivity contribution in [3.05, 3.63) is 30.1 Å². The Kier molecular flexibility index (Phi) is 5.38. The minimum atomic E-state index is -0.117. The van der Waals surface area contributed by atoms with E-state index < -0.39 is 0 Å². The Morgan fingerprint density at radius 1 is 1.33 bits per heavy atom. The topological polar surface area (TPSA) is 30.2 Å².